The summed E-state index contributed by atoms with van der Waals surface area (Å²) in [5.41, 5.74) is 0.245. The molecule has 0 saturated carbocycles. The minimum Gasteiger partial charge on any atom is -0.396 e. The van der Waals surface area contributed by atoms with Gasteiger partial charge in [0.25, 0.3) is 5.91 Å². The van der Waals surface area contributed by atoms with Crippen molar-refractivity contribution in [2.45, 2.75) is 18.9 Å². The smallest absolute Gasteiger partial charge is 0.272 e. The van der Waals surface area contributed by atoms with Crippen LogP contribution in [-0.2, 0) is 6.42 Å². The van der Waals surface area contributed by atoms with Gasteiger partial charge >= 0.3 is 0 Å². The molecule has 29 heavy (non-hydrogen) atoms. The van der Waals surface area contributed by atoms with Gasteiger partial charge in [-0.05, 0) is 42.0 Å². The minimum atomic E-state index is -0.900. The first-order chi connectivity index (χ1) is 14.0. The number of carbonyl (C=O) groups is 1. The molecule has 2 heterocycles. The molecular weight excluding hydrogens is 371 g/mol. The summed E-state index contributed by atoms with van der Waals surface area (Å²) in [7, 11) is 0. The quantitative estimate of drug-likeness (QED) is 0.714. The van der Waals surface area contributed by atoms with E-state index in [4.69, 9.17) is 0 Å². The molecule has 0 unspecified atom stereocenters. The second-order valence-corrected chi connectivity index (χ2v) is 7.77. The van der Waals surface area contributed by atoms with Gasteiger partial charge in [0.15, 0.2) is 0 Å². The molecule has 1 aliphatic heterocycles. The molecule has 6 heteroatoms. The third-order valence-electron chi connectivity index (χ3n) is 5.81. The lowest BCUT2D eigenvalue weighted by molar-refractivity contribution is -0.0669. The van der Waals surface area contributed by atoms with Gasteiger partial charge in [-0.3, -0.25) is 9.78 Å². The minimum absolute atomic E-state index is 0.204. The van der Waals surface area contributed by atoms with E-state index in [0.29, 0.717) is 25.1 Å². The third kappa shape index (κ3) is 3.86. The van der Waals surface area contributed by atoms with Crippen molar-refractivity contribution in [1.29, 1.82) is 0 Å². The number of benzene rings is 2. The average Bonchev–Trinajstić information content (AvgIpc) is 2.76. The highest BCUT2D eigenvalue weighted by molar-refractivity contribution is 5.96. The molecule has 1 fully saturated rings. The van der Waals surface area contributed by atoms with Gasteiger partial charge in [-0.15, -0.1) is 0 Å². The number of aliphatic hydroxyl groups is 2. The predicted octanol–water partition coefficient (Wildman–Crippen LogP) is 2.80. The van der Waals surface area contributed by atoms with Gasteiger partial charge in [0.1, 0.15) is 11.5 Å². The number of pyridine rings is 1. The van der Waals surface area contributed by atoms with Gasteiger partial charge in [0, 0.05) is 30.1 Å². The van der Waals surface area contributed by atoms with E-state index in [9.17, 15) is 19.4 Å². The summed E-state index contributed by atoms with van der Waals surface area (Å²) in [6.07, 6.45) is 1.63. The summed E-state index contributed by atoms with van der Waals surface area (Å²) >= 11 is 0. The van der Waals surface area contributed by atoms with Crippen LogP contribution in [0.4, 0.5) is 4.39 Å². The third-order valence-corrected chi connectivity index (χ3v) is 5.81. The molecule has 2 atom stereocenters. The number of carbonyl (C=O) groups excluding carboxylic acids is 1. The van der Waals surface area contributed by atoms with Gasteiger partial charge in [-0.25, -0.2) is 4.39 Å². The summed E-state index contributed by atoms with van der Waals surface area (Å²) in [5, 5.41) is 22.7. The van der Waals surface area contributed by atoms with Gasteiger partial charge in [0.2, 0.25) is 0 Å². The summed E-state index contributed by atoms with van der Waals surface area (Å²) < 4.78 is 13.2. The van der Waals surface area contributed by atoms with Crippen LogP contribution in [0, 0.1) is 11.2 Å². The van der Waals surface area contributed by atoms with Crippen LogP contribution in [0.15, 0.2) is 60.8 Å². The normalized spacial score (nSPS) is 22.0. The Balaban J connectivity index is 1.59. The van der Waals surface area contributed by atoms with Crippen LogP contribution < -0.4 is 0 Å². The molecule has 5 nitrogen and oxygen atoms in total. The number of hydrogen-bond donors (Lipinski definition) is 2. The molecule has 1 saturated heterocycles. The zero-order chi connectivity index (χ0) is 20.4. The van der Waals surface area contributed by atoms with E-state index in [1.807, 2.05) is 24.3 Å². The SMILES string of the molecule is O=C(c1cc2ccccc2cn1)N1CC[C@H](O)[C@@](CO)(Cc2ccc(F)cc2)C1. The zero-order valence-corrected chi connectivity index (χ0v) is 16.0. The molecule has 0 radical (unpaired) electrons. The van der Waals surface area contributed by atoms with Crippen molar-refractivity contribution in [3.8, 4) is 0 Å². The lowest BCUT2D eigenvalue weighted by atomic mass is 9.73. The van der Waals surface area contributed by atoms with Crippen LogP contribution in [0.3, 0.4) is 0 Å². The predicted molar refractivity (Wildman–Crippen MR) is 108 cm³/mol. The molecule has 4 rings (SSSR count). The topological polar surface area (TPSA) is 73.7 Å². The average molecular weight is 394 g/mol. The highest BCUT2D eigenvalue weighted by Gasteiger charge is 2.44. The number of hydrogen-bond acceptors (Lipinski definition) is 4. The van der Waals surface area contributed by atoms with Crippen LogP contribution >= 0.6 is 0 Å². The van der Waals surface area contributed by atoms with Gasteiger partial charge in [-0.2, -0.15) is 0 Å². The Labute approximate surface area is 168 Å². The molecule has 2 aromatic carbocycles. The molecular formula is C23H23FN2O3. The van der Waals surface area contributed by atoms with Gasteiger partial charge < -0.3 is 15.1 Å². The fourth-order valence-electron chi connectivity index (χ4n) is 4.08. The number of nitrogens with zero attached hydrogens (tertiary/aromatic N) is 2. The molecule has 1 amide bonds. The number of halogens is 1. The number of rotatable bonds is 4. The second-order valence-electron chi connectivity index (χ2n) is 7.77. The Kier molecular flexibility index (Phi) is 5.30. The summed E-state index contributed by atoms with van der Waals surface area (Å²) in [6.45, 7) is 0.315. The van der Waals surface area contributed by atoms with Crippen molar-refractivity contribution in [3.63, 3.8) is 0 Å². The summed E-state index contributed by atoms with van der Waals surface area (Å²) in [5.74, 6) is -0.560. The highest BCUT2D eigenvalue weighted by atomic mass is 19.1. The second kappa shape index (κ2) is 7.89. The lowest BCUT2D eigenvalue weighted by Crippen LogP contribution is -2.56. The van der Waals surface area contributed by atoms with Crippen LogP contribution in [0.2, 0.25) is 0 Å². The van der Waals surface area contributed by atoms with Crippen LogP contribution in [0.5, 0.6) is 0 Å². The number of aliphatic hydroxyl groups excluding tert-OH is 2. The molecule has 1 aromatic heterocycles. The standard InChI is InChI=1S/C23H23FN2O3/c24-19-7-5-16(6-8-19)12-23(15-27)14-26(10-9-21(23)28)22(29)20-11-17-3-1-2-4-18(17)13-25-20/h1-8,11,13,21,27-28H,9-10,12,14-15H2/t21-,23-/m0/s1. The molecule has 0 spiro atoms. The van der Waals surface area contributed by atoms with E-state index >= 15 is 0 Å². The Morgan fingerprint density at radius 2 is 1.90 bits per heavy atom. The van der Waals surface area contributed by atoms with Crippen molar-refractivity contribution in [2.24, 2.45) is 5.41 Å². The molecule has 3 aromatic rings. The molecule has 1 aliphatic rings. The van der Waals surface area contributed by atoms with Crippen LogP contribution in [0.25, 0.3) is 10.8 Å². The number of amides is 1. The number of likely N-dealkylation sites (tertiary alicyclic amines) is 1. The van der Waals surface area contributed by atoms with Crippen molar-refractivity contribution in [2.75, 3.05) is 19.7 Å². The maximum atomic E-state index is 13.2. The Hall–Kier alpha value is -2.83. The first kappa shape index (κ1) is 19.5. The molecule has 2 N–H and O–H groups in total. The molecule has 0 aliphatic carbocycles. The summed E-state index contributed by atoms with van der Waals surface area (Å²) in [6, 6.07) is 15.5. The van der Waals surface area contributed by atoms with Crippen molar-refractivity contribution in [3.05, 3.63) is 77.9 Å². The zero-order valence-electron chi connectivity index (χ0n) is 16.0. The van der Waals surface area contributed by atoms with Crippen LogP contribution in [-0.4, -0.2) is 51.8 Å². The number of aromatic nitrogens is 1. The first-order valence-electron chi connectivity index (χ1n) is 9.68. The van der Waals surface area contributed by atoms with E-state index in [2.05, 4.69) is 4.98 Å². The Morgan fingerprint density at radius 1 is 1.17 bits per heavy atom. The van der Waals surface area contributed by atoms with Gasteiger partial charge in [-0.1, -0.05) is 36.4 Å². The van der Waals surface area contributed by atoms with Crippen molar-refractivity contribution >= 4 is 16.7 Å². The fourth-order valence-corrected chi connectivity index (χ4v) is 4.08. The van der Waals surface area contributed by atoms with E-state index < -0.39 is 11.5 Å². The van der Waals surface area contributed by atoms with Crippen molar-refractivity contribution < 1.29 is 19.4 Å². The maximum absolute atomic E-state index is 13.2. The Morgan fingerprint density at radius 3 is 2.62 bits per heavy atom. The summed E-state index contributed by atoms with van der Waals surface area (Å²) in [4.78, 5) is 19.1. The van der Waals surface area contributed by atoms with E-state index in [0.717, 1.165) is 16.3 Å². The maximum Gasteiger partial charge on any atom is 0.272 e. The first-order valence-corrected chi connectivity index (χ1v) is 9.68. The van der Waals surface area contributed by atoms with Gasteiger partial charge in [0.05, 0.1) is 12.7 Å². The molecule has 0 bridgehead atoms. The molecule has 150 valence electrons. The lowest BCUT2D eigenvalue weighted by Gasteiger charge is -2.45. The number of piperidine rings is 1. The van der Waals surface area contributed by atoms with E-state index in [1.165, 1.54) is 12.1 Å². The number of fused-ring (bicyclic) bond motifs is 1. The largest absolute Gasteiger partial charge is 0.396 e. The van der Waals surface area contributed by atoms with E-state index in [-0.39, 0.29) is 24.9 Å². The monoisotopic (exact) mass is 394 g/mol. The van der Waals surface area contributed by atoms with Crippen molar-refractivity contribution in [1.82, 2.24) is 9.88 Å². The van der Waals surface area contributed by atoms with E-state index in [1.54, 1.807) is 29.3 Å². The Bertz CT molecular complexity index is 1020. The van der Waals surface area contributed by atoms with Crippen LogP contribution in [0.1, 0.15) is 22.5 Å². The fraction of sp³-hybridized carbons (Fsp3) is 0.304. The highest BCUT2D eigenvalue weighted by Crippen LogP contribution is 2.34.